The van der Waals surface area contributed by atoms with Crippen molar-refractivity contribution in [3.8, 4) is 17.4 Å². The van der Waals surface area contributed by atoms with Crippen molar-refractivity contribution in [2.24, 2.45) is 0 Å². The van der Waals surface area contributed by atoms with Crippen molar-refractivity contribution in [1.29, 1.82) is 0 Å². The van der Waals surface area contributed by atoms with Gasteiger partial charge < -0.3 is 10.1 Å². The lowest BCUT2D eigenvalue weighted by Crippen LogP contribution is -2.36. The maximum Gasteiger partial charge on any atom is 0.417 e. The Balaban J connectivity index is 1.14. The molecule has 1 N–H and O–H groups in total. The van der Waals surface area contributed by atoms with Gasteiger partial charge in [0.2, 0.25) is 5.88 Å². The molecule has 4 aromatic rings. The lowest BCUT2D eigenvalue weighted by molar-refractivity contribution is -0.137. The van der Waals surface area contributed by atoms with Gasteiger partial charge in [0, 0.05) is 30.2 Å². The van der Waals surface area contributed by atoms with E-state index in [-0.39, 0.29) is 17.8 Å². The third-order valence-corrected chi connectivity index (χ3v) is 6.71. The van der Waals surface area contributed by atoms with Gasteiger partial charge >= 0.3 is 6.18 Å². The Morgan fingerprint density at radius 3 is 2.45 bits per heavy atom. The number of nitrogens with zero attached hydrogens (tertiary/aromatic N) is 4. The number of allylic oxidation sites excluding steroid dienone is 1. The summed E-state index contributed by atoms with van der Waals surface area (Å²) in [5.74, 6) is 1.09. The van der Waals surface area contributed by atoms with Crippen LogP contribution in [0.25, 0.3) is 11.9 Å². The highest BCUT2D eigenvalue weighted by Crippen LogP contribution is 2.31. The van der Waals surface area contributed by atoms with E-state index in [2.05, 4.69) is 26.5 Å². The van der Waals surface area contributed by atoms with Crippen molar-refractivity contribution in [3.63, 3.8) is 0 Å². The lowest BCUT2D eigenvalue weighted by atomic mass is 9.89. The molecule has 3 heterocycles. The Hall–Kier alpha value is -4.47. The first kappa shape index (κ1) is 27.1. The number of carbonyl (C=O) groups is 1. The van der Waals surface area contributed by atoms with Crippen LogP contribution in [0.3, 0.4) is 0 Å². The third-order valence-electron chi connectivity index (χ3n) is 6.71. The number of hydrogen-bond donors (Lipinski definition) is 1. The number of ether oxygens (including phenoxy) is 1. The normalized spacial score (nSPS) is 15.5. The zero-order valence-electron chi connectivity index (χ0n) is 22.1. The van der Waals surface area contributed by atoms with Gasteiger partial charge in [-0.1, -0.05) is 23.8 Å². The standard InChI is InChI=1S/C30H28F3N5O2/c1-19-14-20(2)38(37-19)27-12-8-23(17-34-27)29(39)36-25-10-6-21(7-11-25)15-22-4-3-5-26(16-22)40-28-13-9-24(18-35-28)30(31,32)33/h3-5,8-9,12-18,25H,6-7,10-11H2,1-2H3,(H,36,39). The van der Waals surface area contributed by atoms with Gasteiger partial charge in [-0.2, -0.15) is 18.3 Å². The number of carbonyl (C=O) groups excluding carboxylic acids is 1. The Morgan fingerprint density at radius 1 is 1.02 bits per heavy atom. The molecule has 1 amide bonds. The highest BCUT2D eigenvalue weighted by Gasteiger charge is 2.30. The van der Waals surface area contributed by atoms with E-state index in [9.17, 15) is 18.0 Å². The van der Waals surface area contributed by atoms with Crippen molar-refractivity contribution in [1.82, 2.24) is 25.1 Å². The number of hydrogen-bond acceptors (Lipinski definition) is 5. The van der Waals surface area contributed by atoms with E-state index in [0.29, 0.717) is 17.1 Å². The van der Waals surface area contributed by atoms with Gasteiger partial charge in [0.1, 0.15) is 5.75 Å². The Kier molecular flexibility index (Phi) is 7.68. The summed E-state index contributed by atoms with van der Waals surface area (Å²) in [4.78, 5) is 21.0. The smallest absolute Gasteiger partial charge is 0.417 e. The number of aromatic nitrogens is 4. The molecular weight excluding hydrogens is 519 g/mol. The van der Waals surface area contributed by atoms with Gasteiger partial charge in [0.25, 0.3) is 5.91 Å². The molecule has 0 saturated heterocycles. The largest absolute Gasteiger partial charge is 0.439 e. The van der Waals surface area contributed by atoms with Crippen LogP contribution in [0.1, 0.15) is 58.6 Å². The monoisotopic (exact) mass is 547 g/mol. The van der Waals surface area contributed by atoms with Crippen LogP contribution in [-0.2, 0) is 6.18 Å². The first-order valence-electron chi connectivity index (χ1n) is 13.0. The predicted octanol–water partition coefficient (Wildman–Crippen LogP) is 6.85. The van der Waals surface area contributed by atoms with Crippen LogP contribution in [0.2, 0.25) is 0 Å². The summed E-state index contributed by atoms with van der Waals surface area (Å²) >= 11 is 0. The minimum atomic E-state index is -4.44. The second-order valence-corrected chi connectivity index (χ2v) is 9.85. The second kappa shape index (κ2) is 11.3. The highest BCUT2D eigenvalue weighted by molar-refractivity contribution is 5.94. The van der Waals surface area contributed by atoms with Crippen LogP contribution in [0.5, 0.6) is 11.6 Å². The molecule has 0 atom stereocenters. The maximum absolute atomic E-state index is 12.8. The average molecular weight is 548 g/mol. The molecule has 3 aromatic heterocycles. The highest BCUT2D eigenvalue weighted by atomic mass is 19.4. The maximum atomic E-state index is 12.8. The van der Waals surface area contributed by atoms with E-state index >= 15 is 0 Å². The van der Waals surface area contributed by atoms with E-state index in [1.165, 1.54) is 11.6 Å². The summed E-state index contributed by atoms with van der Waals surface area (Å²) in [6.07, 6.45) is 3.30. The van der Waals surface area contributed by atoms with E-state index in [0.717, 1.165) is 54.9 Å². The summed E-state index contributed by atoms with van der Waals surface area (Å²) in [5, 5.41) is 7.54. The molecule has 1 saturated carbocycles. The predicted molar refractivity (Wildman–Crippen MR) is 144 cm³/mol. The molecule has 1 fully saturated rings. The second-order valence-electron chi connectivity index (χ2n) is 9.85. The number of aryl methyl sites for hydroxylation is 2. The number of alkyl halides is 3. The van der Waals surface area contributed by atoms with Crippen molar-refractivity contribution in [3.05, 3.63) is 101 Å². The van der Waals surface area contributed by atoms with E-state index in [4.69, 9.17) is 4.74 Å². The zero-order chi connectivity index (χ0) is 28.3. The van der Waals surface area contributed by atoms with E-state index < -0.39 is 11.7 Å². The van der Waals surface area contributed by atoms with Gasteiger partial charge in [-0.3, -0.25) is 4.79 Å². The van der Waals surface area contributed by atoms with Gasteiger partial charge in [-0.25, -0.2) is 14.6 Å². The number of halogens is 3. The Labute approximate surface area is 229 Å². The number of rotatable bonds is 6. The summed E-state index contributed by atoms with van der Waals surface area (Å²) in [5.41, 5.74) is 3.75. The van der Waals surface area contributed by atoms with Crippen LogP contribution in [0.15, 0.2) is 72.6 Å². The van der Waals surface area contributed by atoms with Gasteiger partial charge in [0.05, 0.1) is 16.8 Å². The fourth-order valence-electron chi connectivity index (χ4n) is 4.69. The van der Waals surface area contributed by atoms with Crippen LogP contribution in [0, 0.1) is 13.8 Å². The van der Waals surface area contributed by atoms with Gasteiger partial charge in [0.15, 0.2) is 5.82 Å². The molecule has 1 aromatic carbocycles. The van der Waals surface area contributed by atoms with E-state index in [1.54, 1.807) is 29.1 Å². The number of pyridine rings is 2. The number of amides is 1. The molecule has 1 aliphatic carbocycles. The number of benzene rings is 1. The summed E-state index contributed by atoms with van der Waals surface area (Å²) in [6, 6.07) is 15.1. The molecule has 7 nitrogen and oxygen atoms in total. The van der Waals surface area contributed by atoms with Crippen molar-refractivity contribution < 1.29 is 22.7 Å². The summed E-state index contributed by atoms with van der Waals surface area (Å²) in [7, 11) is 0. The SMILES string of the molecule is Cc1cc(C)n(-c2ccc(C(=O)NC3CCC(=Cc4cccc(Oc5ccc(C(F)(F)F)cn5)c4)CC3)cn2)n1. The molecule has 0 spiro atoms. The molecule has 0 aliphatic heterocycles. The first-order chi connectivity index (χ1) is 19.1. The fourth-order valence-corrected chi connectivity index (χ4v) is 4.69. The Morgan fingerprint density at radius 2 is 1.82 bits per heavy atom. The average Bonchev–Trinajstić information content (AvgIpc) is 3.27. The van der Waals surface area contributed by atoms with Crippen LogP contribution < -0.4 is 10.1 Å². The summed E-state index contributed by atoms with van der Waals surface area (Å²) < 4.78 is 45.7. The lowest BCUT2D eigenvalue weighted by Gasteiger charge is -2.25. The molecule has 1 aliphatic rings. The minimum Gasteiger partial charge on any atom is -0.439 e. The molecule has 0 radical (unpaired) electrons. The first-order valence-corrected chi connectivity index (χ1v) is 13.0. The van der Waals surface area contributed by atoms with Crippen molar-refractivity contribution in [2.45, 2.75) is 51.7 Å². The fraction of sp³-hybridized carbons (Fsp3) is 0.267. The van der Waals surface area contributed by atoms with E-state index in [1.807, 2.05) is 38.1 Å². The molecule has 5 rings (SSSR count). The molecule has 10 heteroatoms. The quantitative estimate of drug-likeness (QED) is 0.286. The van der Waals surface area contributed by atoms with Crippen LogP contribution in [0.4, 0.5) is 13.2 Å². The third kappa shape index (κ3) is 6.56. The minimum absolute atomic E-state index is 0.0701. The summed E-state index contributed by atoms with van der Waals surface area (Å²) in [6.45, 7) is 3.88. The van der Waals surface area contributed by atoms with Crippen molar-refractivity contribution in [2.75, 3.05) is 0 Å². The molecule has 0 unspecified atom stereocenters. The number of nitrogens with one attached hydrogen (secondary N) is 1. The zero-order valence-corrected chi connectivity index (χ0v) is 22.1. The molecule has 40 heavy (non-hydrogen) atoms. The van der Waals surface area contributed by atoms with Gasteiger partial charge in [-0.15, -0.1) is 0 Å². The van der Waals surface area contributed by atoms with Crippen LogP contribution >= 0.6 is 0 Å². The topological polar surface area (TPSA) is 81.9 Å². The van der Waals surface area contributed by atoms with Crippen molar-refractivity contribution >= 4 is 12.0 Å². The van der Waals surface area contributed by atoms with Gasteiger partial charge in [-0.05, 0) is 81.5 Å². The molecule has 206 valence electrons. The molecular formula is C30H28F3N5O2. The Bertz CT molecular complexity index is 1520. The van der Waals surface area contributed by atoms with Crippen LogP contribution in [-0.4, -0.2) is 31.7 Å². The molecule has 0 bridgehead atoms.